The summed E-state index contributed by atoms with van der Waals surface area (Å²) in [5.41, 5.74) is 5.13. The smallest absolute Gasteiger partial charge is 0.00484 e. The highest BCUT2D eigenvalue weighted by Gasteiger charge is 2.03. The highest BCUT2D eigenvalue weighted by molar-refractivity contribution is 8.01. The van der Waals surface area contributed by atoms with Gasteiger partial charge in [-0.3, -0.25) is 0 Å². The zero-order valence-corrected chi connectivity index (χ0v) is 11.0. The van der Waals surface area contributed by atoms with Gasteiger partial charge in [0.1, 0.15) is 0 Å². The van der Waals surface area contributed by atoms with Crippen LogP contribution in [0.4, 0.5) is 0 Å². The predicted molar refractivity (Wildman–Crippen MR) is 78.2 cm³/mol. The van der Waals surface area contributed by atoms with Crippen LogP contribution < -0.4 is 0 Å². The fourth-order valence-corrected chi connectivity index (χ4v) is 2.28. The van der Waals surface area contributed by atoms with E-state index in [9.17, 15) is 0 Å². The zero-order valence-electron chi connectivity index (χ0n) is 10.2. The largest absolute Gasteiger partial charge is 0.137 e. The molecule has 2 rings (SSSR count). The van der Waals surface area contributed by atoms with Crippen LogP contribution in [0.2, 0.25) is 0 Å². The Balaban J connectivity index is 2.44. The van der Waals surface area contributed by atoms with Crippen LogP contribution in [0.1, 0.15) is 16.7 Å². The van der Waals surface area contributed by atoms with E-state index < -0.39 is 0 Å². The van der Waals surface area contributed by atoms with Crippen molar-refractivity contribution in [3.05, 3.63) is 76.7 Å². The van der Waals surface area contributed by atoms with Crippen molar-refractivity contribution in [1.82, 2.24) is 0 Å². The molecule has 17 heavy (non-hydrogen) atoms. The Hall–Kier alpha value is -1.47. The van der Waals surface area contributed by atoms with Crippen LogP contribution in [0.5, 0.6) is 0 Å². The number of thioether (sulfide) groups is 1. The minimum atomic E-state index is 1.27. The van der Waals surface area contributed by atoms with Gasteiger partial charge in [-0.25, -0.2) is 0 Å². The Morgan fingerprint density at radius 2 is 1.47 bits per heavy atom. The fourth-order valence-electron chi connectivity index (χ4n) is 1.77. The third-order valence-corrected chi connectivity index (χ3v) is 3.15. The van der Waals surface area contributed by atoms with Gasteiger partial charge in [0.15, 0.2) is 0 Å². The van der Waals surface area contributed by atoms with Crippen molar-refractivity contribution in [2.24, 2.45) is 0 Å². The van der Waals surface area contributed by atoms with Gasteiger partial charge in [-0.15, -0.1) is 11.8 Å². The average Bonchev–Trinajstić information content (AvgIpc) is 2.38. The summed E-state index contributed by atoms with van der Waals surface area (Å²) in [6.45, 7) is 2.12. The lowest BCUT2D eigenvalue weighted by Gasteiger charge is -2.08. The van der Waals surface area contributed by atoms with Gasteiger partial charge < -0.3 is 0 Å². The van der Waals surface area contributed by atoms with E-state index in [-0.39, 0.29) is 0 Å². The summed E-state index contributed by atoms with van der Waals surface area (Å²) < 4.78 is 0. The van der Waals surface area contributed by atoms with Gasteiger partial charge >= 0.3 is 0 Å². The second-order valence-corrected chi connectivity index (χ2v) is 4.71. The second-order valence-electron chi connectivity index (χ2n) is 4.00. The van der Waals surface area contributed by atoms with E-state index in [1.165, 1.54) is 22.3 Å². The highest BCUT2D eigenvalue weighted by atomic mass is 32.2. The monoisotopic (exact) mass is 240 g/mol. The molecule has 0 spiro atoms. The number of hydrogen-bond acceptors (Lipinski definition) is 1. The Labute approximate surface area is 107 Å². The van der Waals surface area contributed by atoms with Crippen LogP contribution in [0, 0.1) is 6.92 Å². The van der Waals surface area contributed by atoms with Gasteiger partial charge in [0.2, 0.25) is 0 Å². The molecule has 0 aliphatic rings. The molecule has 0 amide bonds. The van der Waals surface area contributed by atoms with E-state index >= 15 is 0 Å². The molecule has 0 N–H and O–H groups in total. The quantitative estimate of drug-likeness (QED) is 0.746. The van der Waals surface area contributed by atoms with Crippen molar-refractivity contribution < 1.29 is 0 Å². The van der Waals surface area contributed by atoms with Gasteiger partial charge in [-0.05, 0) is 35.3 Å². The van der Waals surface area contributed by atoms with Gasteiger partial charge in [-0.2, -0.15) is 0 Å². The summed E-state index contributed by atoms with van der Waals surface area (Å²) in [5.74, 6) is 0. The molecule has 0 saturated carbocycles. The molecular formula is C16H16S. The molecule has 0 saturated heterocycles. The first-order valence-corrected chi connectivity index (χ1v) is 6.95. The van der Waals surface area contributed by atoms with Crippen LogP contribution in [0.15, 0.2) is 60.0 Å². The van der Waals surface area contributed by atoms with Crippen molar-refractivity contribution >= 4 is 17.3 Å². The summed E-state index contributed by atoms with van der Waals surface area (Å²) in [7, 11) is 0. The SMILES string of the molecule is CSC=C(c1ccccc1)c1ccc(C)cc1. The Kier molecular flexibility index (Phi) is 4.05. The topological polar surface area (TPSA) is 0 Å². The second kappa shape index (κ2) is 5.74. The molecule has 0 fully saturated rings. The first kappa shape index (κ1) is 12.0. The molecular weight excluding hydrogens is 224 g/mol. The van der Waals surface area contributed by atoms with Gasteiger partial charge in [-0.1, -0.05) is 60.2 Å². The summed E-state index contributed by atoms with van der Waals surface area (Å²) in [5, 5.41) is 2.21. The molecule has 2 aromatic carbocycles. The summed E-state index contributed by atoms with van der Waals surface area (Å²) >= 11 is 1.74. The maximum Gasteiger partial charge on any atom is -0.00484 e. The molecule has 0 atom stereocenters. The van der Waals surface area contributed by atoms with Gasteiger partial charge in [0.05, 0.1) is 0 Å². The molecule has 0 radical (unpaired) electrons. The number of aryl methyl sites for hydroxylation is 1. The van der Waals surface area contributed by atoms with E-state index in [4.69, 9.17) is 0 Å². The Morgan fingerprint density at radius 3 is 2.06 bits per heavy atom. The number of benzene rings is 2. The molecule has 0 bridgehead atoms. The lowest BCUT2D eigenvalue weighted by Crippen LogP contribution is -1.87. The van der Waals surface area contributed by atoms with Crippen molar-refractivity contribution in [2.75, 3.05) is 6.26 Å². The third-order valence-electron chi connectivity index (χ3n) is 2.68. The zero-order chi connectivity index (χ0) is 12.1. The number of rotatable bonds is 3. The maximum atomic E-state index is 2.21. The molecule has 0 aromatic heterocycles. The van der Waals surface area contributed by atoms with E-state index in [2.05, 4.69) is 73.2 Å². The van der Waals surface area contributed by atoms with E-state index in [1.807, 2.05) is 0 Å². The first-order valence-electron chi connectivity index (χ1n) is 5.66. The van der Waals surface area contributed by atoms with Gasteiger partial charge in [0.25, 0.3) is 0 Å². The average molecular weight is 240 g/mol. The standard InChI is InChI=1S/C16H16S/c1-13-8-10-15(11-9-13)16(12-17-2)14-6-4-3-5-7-14/h3-12H,1-2H3. The first-order chi connectivity index (χ1) is 8.31. The van der Waals surface area contributed by atoms with Crippen LogP contribution in [-0.2, 0) is 0 Å². The Morgan fingerprint density at radius 1 is 0.882 bits per heavy atom. The summed E-state index contributed by atoms with van der Waals surface area (Å²) in [6.07, 6.45) is 2.09. The van der Waals surface area contributed by atoms with Crippen molar-refractivity contribution in [3.8, 4) is 0 Å². The minimum absolute atomic E-state index is 1.27. The fraction of sp³-hybridized carbons (Fsp3) is 0.125. The normalized spacial score (nSPS) is 11.5. The van der Waals surface area contributed by atoms with Crippen LogP contribution in [-0.4, -0.2) is 6.26 Å². The van der Waals surface area contributed by atoms with E-state index in [1.54, 1.807) is 11.8 Å². The molecule has 0 nitrogen and oxygen atoms in total. The molecule has 2 aromatic rings. The minimum Gasteiger partial charge on any atom is -0.137 e. The van der Waals surface area contributed by atoms with Crippen LogP contribution >= 0.6 is 11.8 Å². The van der Waals surface area contributed by atoms with Crippen LogP contribution in [0.3, 0.4) is 0 Å². The lowest BCUT2D eigenvalue weighted by molar-refractivity contribution is 1.45. The van der Waals surface area contributed by atoms with E-state index in [0.717, 1.165) is 0 Å². The van der Waals surface area contributed by atoms with Crippen molar-refractivity contribution in [1.29, 1.82) is 0 Å². The van der Waals surface area contributed by atoms with Crippen molar-refractivity contribution in [2.45, 2.75) is 6.92 Å². The summed E-state index contributed by atoms with van der Waals surface area (Å²) in [6, 6.07) is 19.2. The third kappa shape index (κ3) is 3.01. The van der Waals surface area contributed by atoms with Gasteiger partial charge in [0, 0.05) is 0 Å². The number of hydrogen-bond donors (Lipinski definition) is 0. The highest BCUT2D eigenvalue weighted by Crippen LogP contribution is 2.25. The van der Waals surface area contributed by atoms with Crippen LogP contribution in [0.25, 0.3) is 5.57 Å². The van der Waals surface area contributed by atoms with E-state index in [0.29, 0.717) is 0 Å². The lowest BCUT2D eigenvalue weighted by atomic mass is 9.99. The molecule has 0 unspecified atom stereocenters. The molecule has 0 aliphatic carbocycles. The van der Waals surface area contributed by atoms with Crippen molar-refractivity contribution in [3.63, 3.8) is 0 Å². The maximum absolute atomic E-state index is 2.21. The Bertz CT molecular complexity index is 495. The molecule has 0 aliphatic heterocycles. The molecule has 86 valence electrons. The summed E-state index contributed by atoms with van der Waals surface area (Å²) in [4.78, 5) is 0. The molecule has 1 heteroatoms. The molecule has 0 heterocycles. The predicted octanol–water partition coefficient (Wildman–Crippen LogP) is 4.75.